The van der Waals surface area contributed by atoms with Crippen molar-refractivity contribution in [3.63, 3.8) is 0 Å². The fourth-order valence-corrected chi connectivity index (χ4v) is 2.92. The lowest BCUT2D eigenvalue weighted by Crippen LogP contribution is -2.37. The summed E-state index contributed by atoms with van der Waals surface area (Å²) in [6, 6.07) is 2.09. The SMILES string of the molecule is Cc1cnc2c(c1)[nH]c(=S)n2CCCN1CCOCC1. The molecule has 0 atom stereocenters. The van der Waals surface area contributed by atoms with Gasteiger partial charge in [-0.2, -0.15) is 0 Å². The van der Waals surface area contributed by atoms with Gasteiger partial charge in [-0.05, 0) is 37.2 Å². The van der Waals surface area contributed by atoms with Gasteiger partial charge >= 0.3 is 0 Å². The van der Waals surface area contributed by atoms with E-state index in [1.165, 1.54) is 0 Å². The van der Waals surface area contributed by atoms with Crippen LogP contribution in [0.5, 0.6) is 0 Å². The largest absolute Gasteiger partial charge is 0.379 e. The number of hydrogen-bond acceptors (Lipinski definition) is 4. The molecular weight excluding hydrogens is 272 g/mol. The van der Waals surface area contributed by atoms with Gasteiger partial charge in [0.1, 0.15) is 0 Å². The van der Waals surface area contributed by atoms with Crippen LogP contribution in [0.15, 0.2) is 12.3 Å². The molecule has 1 aliphatic heterocycles. The molecule has 3 heterocycles. The molecule has 20 heavy (non-hydrogen) atoms. The molecule has 1 aliphatic rings. The highest BCUT2D eigenvalue weighted by Crippen LogP contribution is 2.13. The molecule has 1 fully saturated rings. The van der Waals surface area contributed by atoms with E-state index in [0.29, 0.717) is 0 Å². The first-order chi connectivity index (χ1) is 9.74. The highest BCUT2D eigenvalue weighted by atomic mass is 32.1. The number of imidazole rings is 1. The van der Waals surface area contributed by atoms with E-state index >= 15 is 0 Å². The first kappa shape index (κ1) is 13.7. The summed E-state index contributed by atoms with van der Waals surface area (Å²) in [7, 11) is 0. The standard InChI is InChI=1S/C14H20N4OS/c1-11-9-12-13(15-10-11)18(14(20)16-12)4-2-3-17-5-7-19-8-6-17/h9-10H,2-8H2,1H3,(H,16,20). The lowest BCUT2D eigenvalue weighted by atomic mass is 10.3. The smallest absolute Gasteiger partial charge is 0.179 e. The highest BCUT2D eigenvalue weighted by molar-refractivity contribution is 7.71. The van der Waals surface area contributed by atoms with Crippen LogP contribution in [0, 0.1) is 11.7 Å². The molecule has 0 unspecified atom stereocenters. The molecule has 2 aromatic rings. The number of aromatic amines is 1. The lowest BCUT2D eigenvalue weighted by Gasteiger charge is -2.26. The zero-order valence-electron chi connectivity index (χ0n) is 11.8. The van der Waals surface area contributed by atoms with Gasteiger partial charge in [0.25, 0.3) is 0 Å². The van der Waals surface area contributed by atoms with E-state index < -0.39 is 0 Å². The minimum absolute atomic E-state index is 0.764. The molecule has 0 amide bonds. The van der Waals surface area contributed by atoms with E-state index in [1.807, 2.05) is 13.1 Å². The summed E-state index contributed by atoms with van der Waals surface area (Å²) >= 11 is 5.40. The van der Waals surface area contributed by atoms with E-state index in [1.54, 1.807) is 0 Å². The Kier molecular flexibility index (Phi) is 4.14. The maximum absolute atomic E-state index is 5.40. The van der Waals surface area contributed by atoms with Crippen LogP contribution in [0.3, 0.4) is 0 Å². The second kappa shape index (κ2) is 6.03. The summed E-state index contributed by atoms with van der Waals surface area (Å²) in [6.45, 7) is 7.82. The number of morpholine rings is 1. The van der Waals surface area contributed by atoms with Crippen molar-refractivity contribution in [1.82, 2.24) is 19.4 Å². The Morgan fingerprint density at radius 2 is 2.15 bits per heavy atom. The van der Waals surface area contributed by atoms with Crippen LogP contribution in [-0.4, -0.2) is 52.3 Å². The predicted molar refractivity (Wildman–Crippen MR) is 81.5 cm³/mol. The number of ether oxygens (including phenoxy) is 1. The molecule has 108 valence electrons. The first-order valence-corrected chi connectivity index (χ1v) is 7.50. The van der Waals surface area contributed by atoms with Crippen LogP contribution in [0.25, 0.3) is 11.2 Å². The van der Waals surface area contributed by atoms with Gasteiger partial charge in [0.05, 0.1) is 18.7 Å². The van der Waals surface area contributed by atoms with E-state index in [4.69, 9.17) is 17.0 Å². The molecule has 2 aromatic heterocycles. The van der Waals surface area contributed by atoms with Crippen LogP contribution in [0.2, 0.25) is 0 Å². The van der Waals surface area contributed by atoms with Crippen molar-refractivity contribution in [2.45, 2.75) is 19.9 Å². The molecule has 0 aliphatic carbocycles. The number of nitrogens with zero attached hydrogens (tertiary/aromatic N) is 3. The van der Waals surface area contributed by atoms with Gasteiger partial charge in [-0.3, -0.25) is 4.90 Å². The molecule has 0 aromatic carbocycles. The van der Waals surface area contributed by atoms with Gasteiger partial charge in [0.2, 0.25) is 0 Å². The molecule has 0 bridgehead atoms. The molecule has 0 spiro atoms. The third-order valence-electron chi connectivity index (χ3n) is 3.71. The summed E-state index contributed by atoms with van der Waals surface area (Å²) in [5.74, 6) is 0. The molecule has 0 saturated carbocycles. The predicted octanol–water partition coefficient (Wildman–Crippen LogP) is 2.12. The average molecular weight is 292 g/mol. The number of H-pyrrole nitrogens is 1. The highest BCUT2D eigenvalue weighted by Gasteiger charge is 2.10. The topological polar surface area (TPSA) is 46.1 Å². The molecule has 5 nitrogen and oxygen atoms in total. The van der Waals surface area contributed by atoms with E-state index in [9.17, 15) is 0 Å². The molecule has 3 rings (SSSR count). The number of nitrogens with one attached hydrogen (secondary N) is 1. The first-order valence-electron chi connectivity index (χ1n) is 7.09. The number of hydrogen-bond donors (Lipinski definition) is 1. The van der Waals surface area contributed by atoms with Gasteiger partial charge < -0.3 is 14.3 Å². The molecule has 6 heteroatoms. The van der Waals surface area contributed by atoms with Crippen molar-refractivity contribution >= 4 is 23.4 Å². The minimum atomic E-state index is 0.764. The number of pyridine rings is 1. The van der Waals surface area contributed by atoms with Crippen LogP contribution in [0.4, 0.5) is 0 Å². The van der Waals surface area contributed by atoms with E-state index in [2.05, 4.69) is 25.5 Å². The summed E-state index contributed by atoms with van der Waals surface area (Å²) in [6.07, 6.45) is 2.97. The number of fused-ring (bicyclic) bond motifs is 1. The Morgan fingerprint density at radius 1 is 1.35 bits per heavy atom. The van der Waals surface area contributed by atoms with Crippen LogP contribution in [0.1, 0.15) is 12.0 Å². The average Bonchev–Trinajstić information content (AvgIpc) is 2.75. The second-order valence-corrected chi connectivity index (χ2v) is 5.66. The van der Waals surface area contributed by atoms with Gasteiger partial charge in [-0.15, -0.1) is 0 Å². The number of rotatable bonds is 4. The minimum Gasteiger partial charge on any atom is -0.379 e. The molecule has 0 radical (unpaired) electrons. The van der Waals surface area contributed by atoms with Gasteiger partial charge in [0.15, 0.2) is 10.4 Å². The van der Waals surface area contributed by atoms with Crippen molar-refractivity contribution in [3.8, 4) is 0 Å². The lowest BCUT2D eigenvalue weighted by molar-refractivity contribution is 0.0369. The Balaban J connectivity index is 1.68. The van der Waals surface area contributed by atoms with Crippen molar-refractivity contribution in [3.05, 3.63) is 22.6 Å². The van der Waals surface area contributed by atoms with Gasteiger partial charge in [-0.25, -0.2) is 4.98 Å². The molecule has 1 saturated heterocycles. The van der Waals surface area contributed by atoms with Gasteiger partial charge in [-0.1, -0.05) is 0 Å². The summed E-state index contributed by atoms with van der Waals surface area (Å²) in [5, 5.41) is 0. The van der Waals surface area contributed by atoms with Crippen molar-refractivity contribution in [2.24, 2.45) is 0 Å². The quantitative estimate of drug-likeness (QED) is 0.877. The second-order valence-electron chi connectivity index (χ2n) is 5.27. The Morgan fingerprint density at radius 3 is 2.95 bits per heavy atom. The maximum atomic E-state index is 5.40. The maximum Gasteiger partial charge on any atom is 0.179 e. The Bertz CT molecular complexity index is 642. The van der Waals surface area contributed by atoms with Crippen LogP contribution >= 0.6 is 12.2 Å². The monoisotopic (exact) mass is 292 g/mol. The zero-order valence-corrected chi connectivity index (χ0v) is 12.6. The number of aryl methyl sites for hydroxylation is 2. The van der Waals surface area contributed by atoms with Crippen molar-refractivity contribution in [1.29, 1.82) is 0 Å². The van der Waals surface area contributed by atoms with Gasteiger partial charge in [0, 0.05) is 32.4 Å². The van der Waals surface area contributed by atoms with Crippen molar-refractivity contribution < 1.29 is 4.74 Å². The van der Waals surface area contributed by atoms with E-state index in [-0.39, 0.29) is 0 Å². The molecule has 1 N–H and O–H groups in total. The molecular formula is C14H20N4OS. The van der Waals surface area contributed by atoms with Crippen molar-refractivity contribution in [2.75, 3.05) is 32.8 Å². The summed E-state index contributed by atoms with van der Waals surface area (Å²) in [5.41, 5.74) is 3.14. The fraction of sp³-hybridized carbons (Fsp3) is 0.571. The number of aromatic nitrogens is 3. The normalized spacial score (nSPS) is 16.9. The third kappa shape index (κ3) is 2.92. The summed E-state index contributed by atoms with van der Waals surface area (Å²) < 4.78 is 8.23. The van der Waals surface area contributed by atoms with Crippen LogP contribution in [-0.2, 0) is 11.3 Å². The fourth-order valence-electron chi connectivity index (χ4n) is 2.63. The van der Waals surface area contributed by atoms with Crippen LogP contribution < -0.4 is 0 Å². The summed E-state index contributed by atoms with van der Waals surface area (Å²) in [4.78, 5) is 10.2. The van der Waals surface area contributed by atoms with E-state index in [0.717, 1.165) is 67.3 Å². The third-order valence-corrected chi connectivity index (χ3v) is 4.03. The Labute approximate surface area is 123 Å². The Hall–Kier alpha value is -1.24. The zero-order chi connectivity index (χ0) is 13.9.